The summed E-state index contributed by atoms with van der Waals surface area (Å²) in [4.78, 5) is 0. The Morgan fingerprint density at radius 3 is 2.50 bits per heavy atom. The van der Waals surface area contributed by atoms with Gasteiger partial charge >= 0.3 is 0 Å². The molecule has 0 aliphatic rings. The number of rotatable bonds is 2. The number of nitrogens with zero attached hydrogens (tertiary/aromatic N) is 2. The third kappa shape index (κ3) is 1.90. The lowest BCUT2D eigenvalue weighted by atomic mass is 10.2. The molecule has 0 atom stereocenters. The molecule has 1 rings (SSSR count). The molecule has 0 saturated carbocycles. The van der Waals surface area contributed by atoms with E-state index in [1.807, 2.05) is 13.8 Å². The van der Waals surface area contributed by atoms with E-state index in [4.69, 9.17) is 11.6 Å². The van der Waals surface area contributed by atoms with Crippen molar-refractivity contribution < 1.29 is 0 Å². The van der Waals surface area contributed by atoms with Gasteiger partial charge in [0.1, 0.15) is 5.03 Å². The molecule has 0 saturated heterocycles. The van der Waals surface area contributed by atoms with E-state index in [2.05, 4.69) is 17.1 Å². The van der Waals surface area contributed by atoms with E-state index in [1.165, 1.54) is 0 Å². The fraction of sp³-hybridized carbons (Fsp3) is 0.500. The van der Waals surface area contributed by atoms with Crippen molar-refractivity contribution in [3.63, 3.8) is 0 Å². The lowest BCUT2D eigenvalue weighted by molar-refractivity contribution is 0.892. The van der Waals surface area contributed by atoms with E-state index in [0.717, 1.165) is 21.9 Å². The van der Waals surface area contributed by atoms with Gasteiger partial charge in [-0.1, -0.05) is 18.5 Å². The first-order valence-corrected chi connectivity index (χ1v) is 5.15. The molecular formula is C8H11ClN2S. The third-order valence-corrected chi connectivity index (χ3v) is 3.01. The van der Waals surface area contributed by atoms with Crippen LogP contribution in [-0.4, -0.2) is 16.0 Å². The molecule has 0 bridgehead atoms. The van der Waals surface area contributed by atoms with Gasteiger partial charge in [0.05, 0.1) is 0 Å². The first kappa shape index (κ1) is 9.81. The zero-order valence-corrected chi connectivity index (χ0v) is 8.96. The normalized spacial score (nSPS) is 10.3. The molecule has 0 unspecified atom stereocenters. The summed E-state index contributed by atoms with van der Waals surface area (Å²) in [6.45, 7) is 6.08. The number of halogens is 1. The van der Waals surface area contributed by atoms with Crippen LogP contribution in [0.2, 0.25) is 5.15 Å². The van der Waals surface area contributed by atoms with Crippen LogP contribution in [0, 0.1) is 13.8 Å². The molecule has 0 spiro atoms. The van der Waals surface area contributed by atoms with Gasteiger partial charge in [0.25, 0.3) is 0 Å². The smallest absolute Gasteiger partial charge is 0.142 e. The van der Waals surface area contributed by atoms with Gasteiger partial charge in [0.2, 0.25) is 0 Å². The Labute approximate surface area is 81.7 Å². The Bertz CT molecular complexity index is 289. The van der Waals surface area contributed by atoms with Gasteiger partial charge in [-0.25, -0.2) is 0 Å². The van der Waals surface area contributed by atoms with Gasteiger partial charge in [0, 0.05) is 0 Å². The summed E-state index contributed by atoms with van der Waals surface area (Å²) in [6, 6.07) is 0. The van der Waals surface area contributed by atoms with Crippen LogP contribution in [0.3, 0.4) is 0 Å². The monoisotopic (exact) mass is 202 g/mol. The molecule has 0 aromatic carbocycles. The van der Waals surface area contributed by atoms with Crippen molar-refractivity contribution >= 4 is 23.4 Å². The molecule has 0 aliphatic heterocycles. The Balaban J connectivity index is 3.08. The fourth-order valence-corrected chi connectivity index (χ4v) is 1.75. The molecule has 66 valence electrons. The highest BCUT2D eigenvalue weighted by molar-refractivity contribution is 7.99. The van der Waals surface area contributed by atoms with Crippen molar-refractivity contribution in [2.75, 3.05) is 5.75 Å². The van der Waals surface area contributed by atoms with Crippen LogP contribution in [0.1, 0.15) is 18.1 Å². The maximum absolute atomic E-state index is 5.80. The molecule has 1 aromatic rings. The van der Waals surface area contributed by atoms with Gasteiger partial charge in [-0.05, 0) is 30.7 Å². The highest BCUT2D eigenvalue weighted by Gasteiger charge is 2.06. The summed E-state index contributed by atoms with van der Waals surface area (Å²) >= 11 is 7.50. The summed E-state index contributed by atoms with van der Waals surface area (Å²) < 4.78 is 0. The van der Waals surface area contributed by atoms with Gasteiger partial charge in [0.15, 0.2) is 5.15 Å². The SMILES string of the molecule is CCSc1nnc(Cl)c(C)c1C. The van der Waals surface area contributed by atoms with Crippen LogP contribution in [0.15, 0.2) is 5.03 Å². The maximum Gasteiger partial charge on any atom is 0.154 e. The molecule has 4 heteroatoms. The van der Waals surface area contributed by atoms with Crippen LogP contribution in [-0.2, 0) is 0 Å². The minimum atomic E-state index is 0.507. The predicted molar refractivity (Wildman–Crippen MR) is 52.9 cm³/mol. The maximum atomic E-state index is 5.80. The first-order chi connectivity index (χ1) is 5.66. The van der Waals surface area contributed by atoms with E-state index in [9.17, 15) is 0 Å². The standard InChI is InChI=1S/C8H11ClN2S/c1-4-12-8-6(3)5(2)7(9)10-11-8/h4H2,1-3H3. The molecule has 0 radical (unpaired) electrons. The average molecular weight is 203 g/mol. The number of aromatic nitrogens is 2. The Morgan fingerprint density at radius 1 is 1.25 bits per heavy atom. The second kappa shape index (κ2) is 4.10. The van der Waals surface area contributed by atoms with Crippen molar-refractivity contribution in [3.05, 3.63) is 16.3 Å². The lowest BCUT2D eigenvalue weighted by Crippen LogP contribution is -1.95. The summed E-state index contributed by atoms with van der Waals surface area (Å²) in [6.07, 6.45) is 0. The van der Waals surface area contributed by atoms with Crippen LogP contribution in [0.5, 0.6) is 0 Å². The minimum absolute atomic E-state index is 0.507. The molecule has 1 aromatic heterocycles. The molecule has 0 aliphatic carbocycles. The summed E-state index contributed by atoms with van der Waals surface area (Å²) in [5.74, 6) is 1.01. The summed E-state index contributed by atoms with van der Waals surface area (Å²) in [7, 11) is 0. The molecule has 0 N–H and O–H groups in total. The molecule has 0 fully saturated rings. The molecule has 1 heterocycles. The van der Waals surface area contributed by atoms with Crippen molar-refractivity contribution in [1.29, 1.82) is 0 Å². The van der Waals surface area contributed by atoms with Gasteiger partial charge < -0.3 is 0 Å². The Kier molecular flexibility index (Phi) is 3.35. The van der Waals surface area contributed by atoms with E-state index in [1.54, 1.807) is 11.8 Å². The topological polar surface area (TPSA) is 25.8 Å². The second-order valence-electron chi connectivity index (χ2n) is 2.48. The number of hydrogen-bond acceptors (Lipinski definition) is 3. The van der Waals surface area contributed by atoms with Gasteiger partial charge in [-0.15, -0.1) is 22.0 Å². The van der Waals surface area contributed by atoms with Crippen molar-refractivity contribution in [3.8, 4) is 0 Å². The van der Waals surface area contributed by atoms with Crippen molar-refractivity contribution in [2.24, 2.45) is 0 Å². The minimum Gasteiger partial charge on any atom is -0.142 e. The van der Waals surface area contributed by atoms with Crippen LogP contribution in [0.4, 0.5) is 0 Å². The zero-order chi connectivity index (χ0) is 9.14. The average Bonchev–Trinajstić information content (AvgIpc) is 2.07. The van der Waals surface area contributed by atoms with Gasteiger partial charge in [-0.2, -0.15) is 0 Å². The Morgan fingerprint density at radius 2 is 1.92 bits per heavy atom. The van der Waals surface area contributed by atoms with Crippen LogP contribution >= 0.6 is 23.4 Å². The van der Waals surface area contributed by atoms with E-state index in [-0.39, 0.29) is 0 Å². The highest BCUT2D eigenvalue weighted by atomic mass is 35.5. The van der Waals surface area contributed by atoms with Crippen LogP contribution in [0.25, 0.3) is 0 Å². The van der Waals surface area contributed by atoms with Crippen LogP contribution < -0.4 is 0 Å². The number of thioether (sulfide) groups is 1. The quantitative estimate of drug-likeness (QED) is 0.690. The Hall–Kier alpha value is -0.280. The molecule has 0 amide bonds. The second-order valence-corrected chi connectivity index (χ2v) is 4.09. The molecular weight excluding hydrogens is 192 g/mol. The van der Waals surface area contributed by atoms with E-state index in [0.29, 0.717) is 5.15 Å². The number of hydrogen-bond donors (Lipinski definition) is 0. The highest BCUT2D eigenvalue weighted by Crippen LogP contribution is 2.24. The molecule has 2 nitrogen and oxygen atoms in total. The van der Waals surface area contributed by atoms with Crippen molar-refractivity contribution in [2.45, 2.75) is 25.8 Å². The van der Waals surface area contributed by atoms with E-state index < -0.39 is 0 Å². The third-order valence-electron chi connectivity index (χ3n) is 1.70. The molecule has 12 heavy (non-hydrogen) atoms. The largest absolute Gasteiger partial charge is 0.154 e. The fourth-order valence-electron chi connectivity index (χ4n) is 0.828. The summed E-state index contributed by atoms with van der Waals surface area (Å²) in [5, 5.41) is 9.36. The summed E-state index contributed by atoms with van der Waals surface area (Å²) in [5.41, 5.74) is 2.17. The lowest BCUT2D eigenvalue weighted by Gasteiger charge is -2.05. The van der Waals surface area contributed by atoms with E-state index >= 15 is 0 Å². The zero-order valence-electron chi connectivity index (χ0n) is 7.39. The van der Waals surface area contributed by atoms with Crippen molar-refractivity contribution in [1.82, 2.24) is 10.2 Å². The van der Waals surface area contributed by atoms with Gasteiger partial charge in [-0.3, -0.25) is 0 Å². The first-order valence-electron chi connectivity index (χ1n) is 3.79. The predicted octanol–water partition coefficient (Wildman–Crippen LogP) is 2.86.